The van der Waals surface area contributed by atoms with E-state index in [0.717, 1.165) is 12.1 Å². The predicted octanol–water partition coefficient (Wildman–Crippen LogP) is 1.17. The highest BCUT2D eigenvalue weighted by molar-refractivity contribution is 5.79. The van der Waals surface area contributed by atoms with Crippen molar-refractivity contribution in [3.63, 3.8) is 0 Å². The van der Waals surface area contributed by atoms with Gasteiger partial charge in [0, 0.05) is 38.9 Å². The molecule has 1 aliphatic rings. The van der Waals surface area contributed by atoms with Crippen molar-refractivity contribution in [2.75, 3.05) is 13.1 Å². The Labute approximate surface area is 107 Å². The van der Waals surface area contributed by atoms with Gasteiger partial charge in [-0.1, -0.05) is 30.3 Å². The summed E-state index contributed by atoms with van der Waals surface area (Å²) >= 11 is 0. The molecule has 1 heterocycles. The molecule has 2 rings (SSSR count). The molecular weight excluding hydrogens is 228 g/mol. The number of hydrogen-bond donors (Lipinski definition) is 1. The lowest BCUT2D eigenvalue weighted by Gasteiger charge is -2.16. The predicted molar refractivity (Wildman–Crippen MR) is 68.6 cm³/mol. The molecule has 2 amide bonds. The molecule has 0 bridgehead atoms. The van der Waals surface area contributed by atoms with Crippen molar-refractivity contribution < 1.29 is 9.59 Å². The molecule has 4 nitrogen and oxygen atoms in total. The fourth-order valence-corrected chi connectivity index (χ4v) is 2.24. The molecule has 1 unspecified atom stereocenters. The van der Waals surface area contributed by atoms with Crippen molar-refractivity contribution in [3.05, 3.63) is 35.9 Å². The van der Waals surface area contributed by atoms with Crippen LogP contribution in [0.25, 0.3) is 0 Å². The van der Waals surface area contributed by atoms with E-state index in [1.807, 2.05) is 35.2 Å². The quantitative estimate of drug-likeness (QED) is 0.867. The van der Waals surface area contributed by atoms with Crippen molar-refractivity contribution in [1.29, 1.82) is 0 Å². The van der Waals surface area contributed by atoms with Gasteiger partial charge in [0.2, 0.25) is 11.8 Å². The fourth-order valence-electron chi connectivity index (χ4n) is 2.24. The van der Waals surface area contributed by atoms with Crippen LogP contribution in [0.3, 0.4) is 0 Å². The van der Waals surface area contributed by atoms with Crippen LogP contribution in [-0.2, 0) is 16.1 Å². The molecule has 1 aromatic rings. The van der Waals surface area contributed by atoms with Crippen LogP contribution in [0, 0.1) is 5.92 Å². The van der Waals surface area contributed by atoms with Crippen LogP contribution in [0.5, 0.6) is 0 Å². The molecule has 4 heteroatoms. The van der Waals surface area contributed by atoms with E-state index in [4.69, 9.17) is 0 Å². The molecule has 1 aromatic carbocycles. The summed E-state index contributed by atoms with van der Waals surface area (Å²) in [5.74, 6) is 0.378. The molecule has 1 atom stereocenters. The van der Waals surface area contributed by atoms with Gasteiger partial charge >= 0.3 is 0 Å². The highest BCUT2D eigenvalue weighted by Gasteiger charge is 2.29. The summed E-state index contributed by atoms with van der Waals surface area (Å²) in [7, 11) is 0. The standard InChI is InChI=1S/C14H18N2O2/c1-11(17)15-8-13-7-14(18)16(10-13)9-12-5-3-2-4-6-12/h2-6,13H,7-10H2,1H3,(H,15,17). The van der Waals surface area contributed by atoms with Crippen LogP contribution < -0.4 is 5.32 Å². The van der Waals surface area contributed by atoms with E-state index in [1.54, 1.807) is 0 Å². The van der Waals surface area contributed by atoms with Crippen LogP contribution in [0.4, 0.5) is 0 Å². The number of benzene rings is 1. The highest BCUT2D eigenvalue weighted by atomic mass is 16.2. The molecule has 1 fully saturated rings. The summed E-state index contributed by atoms with van der Waals surface area (Å²) < 4.78 is 0. The lowest BCUT2D eigenvalue weighted by atomic mass is 10.1. The van der Waals surface area contributed by atoms with Crippen LogP contribution in [0.2, 0.25) is 0 Å². The highest BCUT2D eigenvalue weighted by Crippen LogP contribution is 2.19. The molecule has 1 N–H and O–H groups in total. The summed E-state index contributed by atoms with van der Waals surface area (Å²) in [6, 6.07) is 9.97. The van der Waals surface area contributed by atoms with Gasteiger partial charge in [-0.2, -0.15) is 0 Å². The summed E-state index contributed by atoms with van der Waals surface area (Å²) in [5.41, 5.74) is 1.14. The zero-order chi connectivity index (χ0) is 13.0. The third kappa shape index (κ3) is 3.32. The lowest BCUT2D eigenvalue weighted by Crippen LogP contribution is -2.29. The van der Waals surface area contributed by atoms with E-state index in [9.17, 15) is 9.59 Å². The number of nitrogens with one attached hydrogen (secondary N) is 1. The Bertz CT molecular complexity index is 431. The van der Waals surface area contributed by atoms with Crippen molar-refractivity contribution in [2.24, 2.45) is 5.92 Å². The maximum absolute atomic E-state index is 11.8. The van der Waals surface area contributed by atoms with Crippen LogP contribution in [0.1, 0.15) is 18.9 Å². The van der Waals surface area contributed by atoms with Gasteiger partial charge in [0.25, 0.3) is 0 Å². The molecule has 1 saturated heterocycles. The van der Waals surface area contributed by atoms with Gasteiger partial charge < -0.3 is 10.2 Å². The van der Waals surface area contributed by atoms with Crippen molar-refractivity contribution >= 4 is 11.8 Å². The molecule has 18 heavy (non-hydrogen) atoms. The fraction of sp³-hybridized carbons (Fsp3) is 0.429. The molecule has 0 aliphatic carbocycles. The van der Waals surface area contributed by atoms with E-state index in [-0.39, 0.29) is 17.7 Å². The van der Waals surface area contributed by atoms with E-state index in [0.29, 0.717) is 19.5 Å². The van der Waals surface area contributed by atoms with Crippen molar-refractivity contribution in [1.82, 2.24) is 10.2 Å². The van der Waals surface area contributed by atoms with Crippen LogP contribution >= 0.6 is 0 Å². The van der Waals surface area contributed by atoms with Gasteiger partial charge in [-0.25, -0.2) is 0 Å². The van der Waals surface area contributed by atoms with Crippen LogP contribution in [0.15, 0.2) is 30.3 Å². The van der Waals surface area contributed by atoms with E-state index in [2.05, 4.69) is 5.32 Å². The number of hydrogen-bond acceptors (Lipinski definition) is 2. The molecular formula is C14H18N2O2. The average Bonchev–Trinajstić information content (AvgIpc) is 2.69. The Kier molecular flexibility index (Phi) is 3.97. The summed E-state index contributed by atoms with van der Waals surface area (Å²) in [4.78, 5) is 24.6. The van der Waals surface area contributed by atoms with Gasteiger partial charge in [0.05, 0.1) is 0 Å². The van der Waals surface area contributed by atoms with Gasteiger partial charge in [-0.15, -0.1) is 0 Å². The average molecular weight is 246 g/mol. The van der Waals surface area contributed by atoms with E-state index < -0.39 is 0 Å². The minimum absolute atomic E-state index is 0.0380. The van der Waals surface area contributed by atoms with Crippen LogP contribution in [-0.4, -0.2) is 29.8 Å². The Morgan fingerprint density at radius 3 is 2.78 bits per heavy atom. The number of amides is 2. The van der Waals surface area contributed by atoms with Crippen molar-refractivity contribution in [2.45, 2.75) is 19.9 Å². The Morgan fingerprint density at radius 2 is 2.11 bits per heavy atom. The minimum atomic E-state index is -0.0380. The molecule has 0 spiro atoms. The second-order valence-electron chi connectivity index (χ2n) is 4.77. The number of nitrogens with zero attached hydrogens (tertiary/aromatic N) is 1. The Balaban J connectivity index is 1.87. The summed E-state index contributed by atoms with van der Waals surface area (Å²) in [6.45, 7) is 3.48. The first-order valence-electron chi connectivity index (χ1n) is 6.21. The first-order valence-corrected chi connectivity index (χ1v) is 6.21. The maximum Gasteiger partial charge on any atom is 0.223 e. The third-order valence-electron chi connectivity index (χ3n) is 3.15. The topological polar surface area (TPSA) is 49.4 Å². The number of rotatable bonds is 4. The second kappa shape index (κ2) is 5.67. The minimum Gasteiger partial charge on any atom is -0.356 e. The van der Waals surface area contributed by atoms with Gasteiger partial charge in [0.1, 0.15) is 0 Å². The van der Waals surface area contributed by atoms with E-state index in [1.165, 1.54) is 6.92 Å². The first-order chi connectivity index (χ1) is 8.65. The molecule has 0 aromatic heterocycles. The number of carbonyl (C=O) groups excluding carboxylic acids is 2. The maximum atomic E-state index is 11.8. The Morgan fingerprint density at radius 1 is 1.39 bits per heavy atom. The summed E-state index contributed by atoms with van der Waals surface area (Å²) in [6.07, 6.45) is 0.535. The van der Waals surface area contributed by atoms with Crippen molar-refractivity contribution in [3.8, 4) is 0 Å². The third-order valence-corrected chi connectivity index (χ3v) is 3.15. The number of likely N-dealkylation sites (tertiary alicyclic amines) is 1. The Hall–Kier alpha value is -1.84. The molecule has 96 valence electrons. The normalized spacial score (nSPS) is 19.1. The van der Waals surface area contributed by atoms with Gasteiger partial charge in [-0.05, 0) is 5.56 Å². The lowest BCUT2D eigenvalue weighted by molar-refractivity contribution is -0.128. The SMILES string of the molecule is CC(=O)NCC1CC(=O)N(Cc2ccccc2)C1. The monoisotopic (exact) mass is 246 g/mol. The first kappa shape index (κ1) is 12.6. The van der Waals surface area contributed by atoms with Gasteiger partial charge in [0.15, 0.2) is 0 Å². The molecule has 0 saturated carbocycles. The van der Waals surface area contributed by atoms with Gasteiger partial charge in [-0.3, -0.25) is 9.59 Å². The second-order valence-corrected chi connectivity index (χ2v) is 4.77. The zero-order valence-electron chi connectivity index (χ0n) is 10.6. The van der Waals surface area contributed by atoms with E-state index >= 15 is 0 Å². The largest absolute Gasteiger partial charge is 0.356 e. The zero-order valence-corrected chi connectivity index (χ0v) is 10.6. The number of carbonyl (C=O) groups is 2. The smallest absolute Gasteiger partial charge is 0.223 e. The molecule has 0 radical (unpaired) electrons. The molecule has 1 aliphatic heterocycles. The summed E-state index contributed by atoms with van der Waals surface area (Å²) in [5, 5.41) is 2.77.